The predicted molar refractivity (Wildman–Crippen MR) is 123 cm³/mol. The first-order valence-corrected chi connectivity index (χ1v) is 11.7. The summed E-state index contributed by atoms with van der Waals surface area (Å²) >= 11 is 0.223. The van der Waals surface area contributed by atoms with Crippen LogP contribution in [0.2, 0.25) is 0 Å². The van der Waals surface area contributed by atoms with Crippen molar-refractivity contribution >= 4 is 17.7 Å². The maximum absolute atomic E-state index is 15.7. The molecule has 0 unspecified atom stereocenters. The summed E-state index contributed by atoms with van der Waals surface area (Å²) < 4.78 is 58.1. The highest BCUT2D eigenvalue weighted by Gasteiger charge is 2.48. The van der Waals surface area contributed by atoms with Crippen LogP contribution in [0.5, 0.6) is 0 Å². The summed E-state index contributed by atoms with van der Waals surface area (Å²) in [4.78, 5) is 13.2. The highest BCUT2D eigenvalue weighted by Crippen LogP contribution is 2.45. The van der Waals surface area contributed by atoms with Gasteiger partial charge in [-0.15, -0.1) is 0 Å². The molecule has 0 saturated heterocycles. The number of hydrogen-bond donors (Lipinski definition) is 2. The Kier molecular flexibility index (Phi) is 7.63. The molecule has 2 aromatic rings. The number of nitrogens with one attached hydrogen (secondary N) is 2. The van der Waals surface area contributed by atoms with E-state index in [-0.39, 0.29) is 28.6 Å². The van der Waals surface area contributed by atoms with Gasteiger partial charge in [-0.2, -0.15) is 14.0 Å². The molecule has 1 saturated carbocycles. The van der Waals surface area contributed by atoms with E-state index in [1.54, 1.807) is 0 Å². The van der Waals surface area contributed by atoms with Crippen molar-refractivity contribution in [2.75, 3.05) is 0 Å². The number of amides is 1. The van der Waals surface area contributed by atoms with Crippen molar-refractivity contribution in [3.05, 3.63) is 65.7 Å². The molecule has 1 aliphatic rings. The lowest BCUT2D eigenvalue weighted by Gasteiger charge is -2.34. The van der Waals surface area contributed by atoms with Crippen molar-refractivity contribution in [2.24, 2.45) is 5.41 Å². The Balaban J connectivity index is 1.93. The molecule has 0 bridgehead atoms. The molecule has 0 aliphatic heterocycles. The summed E-state index contributed by atoms with van der Waals surface area (Å²) in [5.74, 6) is -1.66. The monoisotopic (exact) mass is 493 g/mol. The molecule has 4 nitrogen and oxygen atoms in total. The van der Waals surface area contributed by atoms with Gasteiger partial charge in [-0.05, 0) is 66.6 Å². The van der Waals surface area contributed by atoms with E-state index in [2.05, 4.69) is 16.7 Å². The Bertz CT molecular complexity index is 1040. The average Bonchev–Trinajstić information content (AvgIpc) is 3.52. The number of hydrogen-bond acceptors (Lipinski definition) is 4. The van der Waals surface area contributed by atoms with E-state index in [4.69, 9.17) is 0 Å². The van der Waals surface area contributed by atoms with E-state index < -0.39 is 45.8 Å². The standard InChI is InChI=1S/C25H27F4N3OS/c1-23(2,3)14-20(22(33)32-24(15-30)12-13-24)31-21(16-4-6-17(26)7-5-16)25(28,29)34-19-10-8-18(27)9-11-19/h4-11,20-21,31H,12-14H2,1-3H3,(H,32,33)/t20-,21-/m0/s1. The zero-order valence-electron chi connectivity index (χ0n) is 19.2. The zero-order chi connectivity index (χ0) is 25.1. The summed E-state index contributed by atoms with van der Waals surface area (Å²) in [5.41, 5.74) is -1.26. The number of carbonyl (C=O) groups is 1. The SMILES string of the molecule is CC(C)(C)C[C@H](N[C@@H](c1ccc(F)cc1)C(F)(F)Sc1ccc(F)cc1)C(=O)NC1(C#N)CC1. The number of nitriles is 1. The van der Waals surface area contributed by atoms with Crippen LogP contribution < -0.4 is 10.6 Å². The molecule has 9 heteroatoms. The number of alkyl halides is 2. The Labute approximate surface area is 201 Å². The molecule has 0 heterocycles. The van der Waals surface area contributed by atoms with E-state index >= 15 is 8.78 Å². The molecule has 1 fully saturated rings. The van der Waals surface area contributed by atoms with Crippen LogP contribution in [0.1, 0.15) is 51.6 Å². The van der Waals surface area contributed by atoms with Gasteiger partial charge in [0.25, 0.3) is 0 Å². The quantitative estimate of drug-likeness (QED) is 0.334. The summed E-state index contributed by atoms with van der Waals surface area (Å²) in [6, 6.07) is 8.69. The lowest BCUT2D eigenvalue weighted by Crippen LogP contribution is -2.53. The van der Waals surface area contributed by atoms with Crippen LogP contribution in [0, 0.1) is 28.4 Å². The van der Waals surface area contributed by atoms with Crippen LogP contribution in [0.3, 0.4) is 0 Å². The second-order valence-electron chi connectivity index (χ2n) is 9.77. The minimum Gasteiger partial charge on any atom is -0.336 e. The highest BCUT2D eigenvalue weighted by molar-refractivity contribution is 8.00. The van der Waals surface area contributed by atoms with E-state index in [9.17, 15) is 18.8 Å². The minimum absolute atomic E-state index is 0.0918. The number of halogens is 4. The summed E-state index contributed by atoms with van der Waals surface area (Å²) in [6.07, 6.45) is 1.24. The maximum Gasteiger partial charge on any atom is 0.317 e. The van der Waals surface area contributed by atoms with Gasteiger partial charge >= 0.3 is 5.25 Å². The zero-order valence-corrected chi connectivity index (χ0v) is 20.0. The minimum atomic E-state index is -3.49. The number of carbonyl (C=O) groups excluding carboxylic acids is 1. The molecule has 1 aliphatic carbocycles. The van der Waals surface area contributed by atoms with Gasteiger partial charge in [0.1, 0.15) is 23.2 Å². The largest absolute Gasteiger partial charge is 0.336 e. The Morgan fingerprint density at radius 2 is 1.59 bits per heavy atom. The fourth-order valence-corrected chi connectivity index (χ4v) is 4.42. The molecular weight excluding hydrogens is 466 g/mol. The van der Waals surface area contributed by atoms with Crippen LogP contribution in [0.25, 0.3) is 0 Å². The highest BCUT2D eigenvalue weighted by atomic mass is 32.2. The molecule has 2 N–H and O–H groups in total. The molecule has 3 rings (SSSR count). The van der Waals surface area contributed by atoms with Gasteiger partial charge in [0.2, 0.25) is 5.91 Å². The molecular formula is C25H27F4N3OS. The summed E-state index contributed by atoms with van der Waals surface area (Å²) in [7, 11) is 0. The third-order valence-electron chi connectivity index (χ3n) is 5.43. The number of nitrogens with zero attached hydrogens (tertiary/aromatic N) is 1. The lowest BCUT2D eigenvalue weighted by molar-refractivity contribution is -0.125. The van der Waals surface area contributed by atoms with Crippen molar-refractivity contribution in [1.29, 1.82) is 5.26 Å². The third kappa shape index (κ3) is 6.97. The number of rotatable bonds is 9. The second-order valence-corrected chi connectivity index (χ2v) is 11.0. The van der Waals surface area contributed by atoms with Gasteiger partial charge in [-0.1, -0.05) is 44.7 Å². The smallest absolute Gasteiger partial charge is 0.317 e. The van der Waals surface area contributed by atoms with Gasteiger partial charge < -0.3 is 5.32 Å². The van der Waals surface area contributed by atoms with Crippen molar-refractivity contribution in [1.82, 2.24) is 10.6 Å². The van der Waals surface area contributed by atoms with Crippen LogP contribution in [-0.2, 0) is 4.79 Å². The molecule has 0 radical (unpaired) electrons. The van der Waals surface area contributed by atoms with Crippen LogP contribution >= 0.6 is 11.8 Å². The maximum atomic E-state index is 15.7. The Morgan fingerprint density at radius 3 is 2.06 bits per heavy atom. The topological polar surface area (TPSA) is 64.9 Å². The summed E-state index contributed by atoms with van der Waals surface area (Å²) in [5, 5.41) is 11.4. The van der Waals surface area contributed by atoms with Crippen molar-refractivity contribution < 1.29 is 22.4 Å². The predicted octanol–water partition coefficient (Wildman–Crippen LogP) is 5.96. The molecule has 1 amide bonds. The van der Waals surface area contributed by atoms with Crippen molar-refractivity contribution in [3.8, 4) is 6.07 Å². The second kappa shape index (κ2) is 9.96. The molecule has 34 heavy (non-hydrogen) atoms. The van der Waals surface area contributed by atoms with Gasteiger partial charge in [-0.3, -0.25) is 10.1 Å². The van der Waals surface area contributed by atoms with Crippen molar-refractivity contribution in [2.45, 2.75) is 67.8 Å². The van der Waals surface area contributed by atoms with Crippen LogP contribution in [0.15, 0.2) is 53.4 Å². The molecule has 2 atom stereocenters. The number of thioether (sulfide) groups is 1. The van der Waals surface area contributed by atoms with E-state index in [1.165, 1.54) is 24.3 Å². The fourth-order valence-electron chi connectivity index (χ4n) is 3.51. The Morgan fingerprint density at radius 1 is 1.06 bits per heavy atom. The van der Waals surface area contributed by atoms with Gasteiger partial charge in [0, 0.05) is 4.90 Å². The van der Waals surface area contributed by atoms with Gasteiger partial charge in [0.15, 0.2) is 0 Å². The van der Waals surface area contributed by atoms with Gasteiger partial charge in [-0.25, -0.2) is 8.78 Å². The van der Waals surface area contributed by atoms with Gasteiger partial charge in [0.05, 0.1) is 12.1 Å². The first kappa shape index (κ1) is 26.0. The van der Waals surface area contributed by atoms with Crippen LogP contribution in [-0.4, -0.2) is 22.7 Å². The van der Waals surface area contributed by atoms with E-state index in [0.717, 1.165) is 24.3 Å². The van der Waals surface area contributed by atoms with E-state index in [1.807, 2.05) is 20.8 Å². The normalized spacial score (nSPS) is 16.9. The average molecular weight is 494 g/mol. The summed E-state index contributed by atoms with van der Waals surface area (Å²) in [6.45, 7) is 5.64. The van der Waals surface area contributed by atoms with E-state index in [0.29, 0.717) is 12.8 Å². The third-order valence-corrected chi connectivity index (χ3v) is 6.45. The first-order valence-electron chi connectivity index (χ1n) is 10.9. The molecule has 0 spiro atoms. The fraction of sp³-hybridized carbons (Fsp3) is 0.440. The van der Waals surface area contributed by atoms with Crippen LogP contribution in [0.4, 0.5) is 17.6 Å². The molecule has 2 aromatic carbocycles. The lowest BCUT2D eigenvalue weighted by atomic mass is 9.87. The first-order chi connectivity index (χ1) is 15.8. The molecule has 182 valence electrons. The van der Waals surface area contributed by atoms with Crippen molar-refractivity contribution in [3.63, 3.8) is 0 Å². The number of benzene rings is 2. The Hall–Kier alpha value is -2.57. The molecule has 0 aromatic heterocycles.